The molecule has 0 aliphatic rings. The lowest BCUT2D eigenvalue weighted by atomic mass is 10.4. The molecule has 1 rings (SSSR count). The Labute approximate surface area is 69.6 Å². The monoisotopic (exact) mass is 169 g/mol. The fourth-order valence-electron chi connectivity index (χ4n) is 0.766. The molecule has 0 aliphatic heterocycles. The maximum atomic E-state index is 10.1. The SMILES string of the molecule is O=C(O)CSCc1cc[cH-]c1. The third kappa shape index (κ3) is 3.18. The number of rotatable bonds is 4. The summed E-state index contributed by atoms with van der Waals surface area (Å²) in [4.78, 5) is 10.1. The molecule has 0 fully saturated rings. The Balaban J connectivity index is 2.19. The van der Waals surface area contributed by atoms with Gasteiger partial charge in [0, 0.05) is 0 Å². The summed E-state index contributed by atoms with van der Waals surface area (Å²) < 4.78 is 0. The van der Waals surface area contributed by atoms with Crippen molar-refractivity contribution in [2.45, 2.75) is 5.75 Å². The van der Waals surface area contributed by atoms with Crippen LogP contribution in [-0.2, 0) is 10.5 Å². The highest BCUT2D eigenvalue weighted by atomic mass is 32.2. The number of carboxylic acid groups (broad SMARTS) is 1. The second-order valence-corrected chi connectivity index (χ2v) is 3.17. The Hall–Kier alpha value is -0.830. The molecule has 11 heavy (non-hydrogen) atoms. The van der Waals surface area contributed by atoms with Crippen LogP contribution in [0.3, 0.4) is 0 Å². The van der Waals surface area contributed by atoms with Gasteiger partial charge in [-0.1, -0.05) is 0 Å². The Morgan fingerprint density at radius 1 is 1.73 bits per heavy atom. The average molecular weight is 169 g/mol. The zero-order chi connectivity index (χ0) is 8.10. The molecule has 1 aromatic carbocycles. The third-order valence-corrected chi connectivity index (χ3v) is 2.21. The zero-order valence-corrected chi connectivity index (χ0v) is 6.80. The van der Waals surface area contributed by atoms with Crippen LogP contribution in [-0.4, -0.2) is 16.8 Å². The smallest absolute Gasteiger partial charge is 0.313 e. The molecule has 1 aromatic rings. The van der Waals surface area contributed by atoms with Crippen molar-refractivity contribution in [3.8, 4) is 0 Å². The predicted molar refractivity (Wildman–Crippen MR) is 45.8 cm³/mol. The minimum atomic E-state index is -0.749. The third-order valence-electron chi connectivity index (χ3n) is 1.23. The van der Waals surface area contributed by atoms with Gasteiger partial charge in [0.25, 0.3) is 0 Å². The van der Waals surface area contributed by atoms with Gasteiger partial charge in [-0.3, -0.25) is 4.79 Å². The van der Waals surface area contributed by atoms with E-state index in [4.69, 9.17) is 5.11 Å². The number of aliphatic carboxylic acids is 1. The van der Waals surface area contributed by atoms with E-state index >= 15 is 0 Å². The van der Waals surface area contributed by atoms with Gasteiger partial charge < -0.3 is 5.11 Å². The highest BCUT2D eigenvalue weighted by molar-refractivity contribution is 7.99. The second kappa shape index (κ2) is 4.13. The molecule has 0 bridgehead atoms. The first-order valence-corrected chi connectivity index (χ1v) is 4.44. The Morgan fingerprint density at radius 3 is 3.09 bits per heavy atom. The molecule has 1 N–H and O–H groups in total. The molecule has 0 aliphatic carbocycles. The van der Waals surface area contributed by atoms with Gasteiger partial charge in [-0.05, 0) is 5.75 Å². The molecule has 0 aromatic heterocycles. The summed E-state index contributed by atoms with van der Waals surface area (Å²) in [5.41, 5.74) is 1.19. The van der Waals surface area contributed by atoms with Crippen molar-refractivity contribution in [1.82, 2.24) is 0 Å². The number of hydrogen-bond donors (Lipinski definition) is 1. The van der Waals surface area contributed by atoms with Crippen LogP contribution in [0.1, 0.15) is 5.56 Å². The molecular formula is C8H9O2S-. The molecule has 0 radical (unpaired) electrons. The zero-order valence-electron chi connectivity index (χ0n) is 5.99. The molecule has 0 amide bonds. The van der Waals surface area contributed by atoms with E-state index in [1.165, 1.54) is 17.3 Å². The second-order valence-electron chi connectivity index (χ2n) is 2.18. The van der Waals surface area contributed by atoms with E-state index < -0.39 is 5.97 Å². The predicted octanol–water partition coefficient (Wildman–Crippen LogP) is 1.72. The van der Waals surface area contributed by atoms with Gasteiger partial charge in [-0.15, -0.1) is 0 Å². The van der Waals surface area contributed by atoms with Crippen LogP contribution in [0.25, 0.3) is 0 Å². The van der Waals surface area contributed by atoms with Gasteiger partial charge >= 0.3 is 5.97 Å². The molecule has 0 heterocycles. The summed E-state index contributed by atoms with van der Waals surface area (Å²) in [7, 11) is 0. The lowest BCUT2D eigenvalue weighted by Gasteiger charge is -2.00. The van der Waals surface area contributed by atoms with Crippen molar-refractivity contribution in [3.63, 3.8) is 0 Å². The summed E-state index contributed by atoms with van der Waals surface area (Å²) in [5.74, 6) is 0.228. The lowest BCUT2D eigenvalue weighted by molar-refractivity contribution is -0.133. The minimum Gasteiger partial charge on any atom is -0.481 e. The number of carboxylic acids is 1. The number of hydrogen-bond acceptors (Lipinski definition) is 2. The summed E-state index contributed by atoms with van der Waals surface area (Å²) in [6.45, 7) is 0. The summed E-state index contributed by atoms with van der Waals surface area (Å²) in [6.07, 6.45) is 0. The molecule has 0 saturated carbocycles. The first kappa shape index (κ1) is 8.27. The van der Waals surface area contributed by atoms with Crippen LogP contribution < -0.4 is 0 Å². The number of carbonyl (C=O) groups is 1. The minimum absolute atomic E-state index is 0.186. The van der Waals surface area contributed by atoms with Gasteiger partial charge in [0.15, 0.2) is 0 Å². The van der Waals surface area contributed by atoms with Crippen LogP contribution in [0, 0.1) is 0 Å². The van der Waals surface area contributed by atoms with E-state index in [1.807, 2.05) is 24.3 Å². The van der Waals surface area contributed by atoms with Crippen molar-refractivity contribution in [2.24, 2.45) is 0 Å². The first-order chi connectivity index (χ1) is 5.29. The molecule has 0 atom stereocenters. The summed E-state index contributed by atoms with van der Waals surface area (Å²) in [6, 6.07) is 7.90. The Morgan fingerprint density at radius 2 is 2.55 bits per heavy atom. The van der Waals surface area contributed by atoms with Crippen LogP contribution in [0.4, 0.5) is 0 Å². The van der Waals surface area contributed by atoms with E-state index in [0.717, 1.165) is 5.75 Å². The fourth-order valence-corrected chi connectivity index (χ4v) is 1.47. The van der Waals surface area contributed by atoms with Crippen LogP contribution in [0.15, 0.2) is 24.3 Å². The van der Waals surface area contributed by atoms with E-state index in [1.54, 1.807) is 0 Å². The van der Waals surface area contributed by atoms with Crippen molar-refractivity contribution in [3.05, 3.63) is 29.8 Å². The summed E-state index contributed by atoms with van der Waals surface area (Å²) in [5, 5.41) is 8.32. The summed E-state index contributed by atoms with van der Waals surface area (Å²) >= 11 is 1.42. The normalized spacial score (nSPS) is 9.82. The van der Waals surface area contributed by atoms with Gasteiger partial charge in [-0.25, -0.2) is 6.07 Å². The van der Waals surface area contributed by atoms with Crippen molar-refractivity contribution in [2.75, 3.05) is 5.75 Å². The van der Waals surface area contributed by atoms with Crippen LogP contribution >= 0.6 is 11.8 Å². The molecule has 60 valence electrons. The van der Waals surface area contributed by atoms with E-state index in [0.29, 0.717) is 0 Å². The van der Waals surface area contributed by atoms with Crippen molar-refractivity contribution < 1.29 is 9.90 Å². The maximum absolute atomic E-state index is 10.1. The highest BCUT2D eigenvalue weighted by Gasteiger charge is 1.93. The lowest BCUT2D eigenvalue weighted by Crippen LogP contribution is -1.97. The van der Waals surface area contributed by atoms with E-state index in [2.05, 4.69) is 0 Å². The molecular weight excluding hydrogens is 160 g/mol. The largest absolute Gasteiger partial charge is 0.481 e. The van der Waals surface area contributed by atoms with Gasteiger partial charge in [0.1, 0.15) is 0 Å². The molecule has 0 spiro atoms. The van der Waals surface area contributed by atoms with Gasteiger partial charge in [0.2, 0.25) is 0 Å². The molecule has 3 heteroatoms. The van der Waals surface area contributed by atoms with Crippen LogP contribution in [0.5, 0.6) is 0 Å². The molecule has 2 nitrogen and oxygen atoms in total. The fraction of sp³-hybridized carbons (Fsp3) is 0.250. The number of thioether (sulfide) groups is 1. The van der Waals surface area contributed by atoms with Crippen molar-refractivity contribution >= 4 is 17.7 Å². The highest BCUT2D eigenvalue weighted by Crippen LogP contribution is 2.11. The van der Waals surface area contributed by atoms with Crippen molar-refractivity contribution in [1.29, 1.82) is 0 Å². The quantitative estimate of drug-likeness (QED) is 0.697. The van der Waals surface area contributed by atoms with Crippen LogP contribution in [0.2, 0.25) is 0 Å². The Bertz CT molecular complexity index is 216. The molecule has 0 saturated heterocycles. The van der Waals surface area contributed by atoms with E-state index in [9.17, 15) is 4.79 Å². The average Bonchev–Trinajstić information content (AvgIpc) is 2.39. The van der Waals surface area contributed by atoms with Gasteiger partial charge in [-0.2, -0.15) is 35.5 Å². The first-order valence-electron chi connectivity index (χ1n) is 3.29. The van der Waals surface area contributed by atoms with Gasteiger partial charge in [0.05, 0.1) is 5.75 Å². The molecule has 0 unspecified atom stereocenters. The topological polar surface area (TPSA) is 37.3 Å². The Kier molecular flexibility index (Phi) is 3.11. The standard InChI is InChI=1S/C8H9O2S/c9-8(10)6-11-5-7-3-1-2-4-7/h1-4H,5-6H2,(H,9,10)/q-1. The maximum Gasteiger partial charge on any atom is 0.313 e. The van der Waals surface area contributed by atoms with E-state index in [-0.39, 0.29) is 5.75 Å².